The van der Waals surface area contributed by atoms with Crippen LogP contribution in [-0.2, 0) is 0 Å². The van der Waals surface area contributed by atoms with Gasteiger partial charge >= 0.3 is 0 Å². The zero-order valence-corrected chi connectivity index (χ0v) is 16.8. The minimum absolute atomic E-state index is 0.198. The molecule has 7 nitrogen and oxygen atoms in total. The zero-order chi connectivity index (χ0) is 21.7. The molecule has 0 aliphatic heterocycles. The second-order valence-electron chi connectivity index (χ2n) is 7.20. The highest BCUT2D eigenvalue weighted by Crippen LogP contribution is 2.32. The highest BCUT2D eigenvalue weighted by molar-refractivity contribution is 6.30. The van der Waals surface area contributed by atoms with Crippen LogP contribution in [0.4, 0.5) is 5.69 Å². The summed E-state index contributed by atoms with van der Waals surface area (Å²) in [5.74, 6) is -0.431. The Morgan fingerprint density at radius 1 is 0.935 bits per heavy atom. The number of nitrogens with one attached hydrogen (secondary N) is 1. The molecule has 1 N–H and O–H groups in total. The smallest absolute Gasteiger partial charge is 0.274 e. The molecule has 2 aromatic carbocycles. The molecule has 1 aliphatic carbocycles. The van der Waals surface area contributed by atoms with Gasteiger partial charge in [0.2, 0.25) is 0 Å². The molecule has 2 heterocycles. The predicted octanol–water partition coefficient (Wildman–Crippen LogP) is 3.68. The van der Waals surface area contributed by atoms with Gasteiger partial charge in [0, 0.05) is 22.9 Å². The summed E-state index contributed by atoms with van der Waals surface area (Å²) < 4.78 is 6.97. The second-order valence-corrected chi connectivity index (χ2v) is 7.20. The third-order valence-corrected chi connectivity index (χ3v) is 5.42. The number of aryl methyl sites for hydroxylation is 1. The van der Waals surface area contributed by atoms with Crippen LogP contribution in [0.2, 0.25) is 0 Å². The van der Waals surface area contributed by atoms with Crippen molar-refractivity contribution in [1.82, 2.24) is 9.38 Å². The predicted molar refractivity (Wildman–Crippen MR) is 114 cm³/mol. The number of benzene rings is 2. The molecule has 152 valence electrons. The largest absolute Gasteiger partial charge is 0.493 e. The van der Waals surface area contributed by atoms with E-state index in [1.165, 1.54) is 7.11 Å². The zero-order valence-electron chi connectivity index (χ0n) is 16.8. The Kier molecular flexibility index (Phi) is 4.18. The lowest BCUT2D eigenvalue weighted by Crippen LogP contribution is -2.24. The van der Waals surface area contributed by atoms with E-state index >= 15 is 0 Å². The number of methoxy groups -OCH3 is 1. The fraction of sp³-hybridized carbons (Fsp3) is 0.0833. The van der Waals surface area contributed by atoms with Gasteiger partial charge in [0.15, 0.2) is 23.0 Å². The Bertz CT molecular complexity index is 1420. The number of amides is 1. The maximum Gasteiger partial charge on any atom is 0.274 e. The highest BCUT2D eigenvalue weighted by Gasteiger charge is 2.32. The van der Waals surface area contributed by atoms with Crippen molar-refractivity contribution in [3.05, 3.63) is 94.4 Å². The molecule has 1 amide bonds. The maximum atomic E-state index is 13.2. The molecule has 0 bridgehead atoms. The summed E-state index contributed by atoms with van der Waals surface area (Å²) in [5, 5.41) is 2.81. The average Bonchev–Trinajstić information content (AvgIpc) is 3.13. The number of ether oxygens (including phenoxy) is 1. The first kappa shape index (κ1) is 18.7. The van der Waals surface area contributed by atoms with E-state index in [1.54, 1.807) is 72.1 Å². The fourth-order valence-electron chi connectivity index (χ4n) is 4.02. The lowest BCUT2D eigenvalue weighted by molar-refractivity contribution is 0.0978. The summed E-state index contributed by atoms with van der Waals surface area (Å²) in [5.41, 5.74) is 2.81. The quantitative estimate of drug-likeness (QED) is 0.489. The van der Waals surface area contributed by atoms with E-state index in [0.29, 0.717) is 33.9 Å². The number of anilines is 1. The first-order chi connectivity index (χ1) is 15.0. The van der Waals surface area contributed by atoms with Crippen LogP contribution in [0, 0.1) is 6.92 Å². The number of hydrogen-bond acceptors (Lipinski definition) is 5. The summed E-state index contributed by atoms with van der Waals surface area (Å²) in [6.07, 6.45) is 1.72. The van der Waals surface area contributed by atoms with Crippen LogP contribution in [0.5, 0.6) is 5.75 Å². The molecule has 5 rings (SSSR count). The molecule has 0 saturated carbocycles. The van der Waals surface area contributed by atoms with Crippen LogP contribution >= 0.6 is 0 Å². The molecule has 7 heteroatoms. The summed E-state index contributed by atoms with van der Waals surface area (Å²) in [7, 11) is 1.54. The van der Waals surface area contributed by atoms with Gasteiger partial charge < -0.3 is 10.1 Å². The van der Waals surface area contributed by atoms with Gasteiger partial charge in [0.1, 0.15) is 5.69 Å². The number of fused-ring (bicyclic) bond motifs is 3. The topological polar surface area (TPSA) is 89.8 Å². The number of imidazole rings is 1. The van der Waals surface area contributed by atoms with Crippen molar-refractivity contribution in [2.75, 3.05) is 12.4 Å². The van der Waals surface area contributed by atoms with Crippen LogP contribution in [0.25, 0.3) is 5.65 Å². The normalized spacial score (nSPS) is 12.5. The minimum atomic E-state index is -0.439. The molecular weight excluding hydrogens is 394 g/mol. The molecule has 0 atom stereocenters. The first-order valence-electron chi connectivity index (χ1n) is 9.65. The van der Waals surface area contributed by atoms with Crippen molar-refractivity contribution in [3.63, 3.8) is 0 Å². The number of carbonyl (C=O) groups excluding carboxylic acids is 3. The van der Waals surface area contributed by atoms with Crippen LogP contribution in [0.3, 0.4) is 0 Å². The van der Waals surface area contributed by atoms with Crippen molar-refractivity contribution in [2.24, 2.45) is 0 Å². The van der Waals surface area contributed by atoms with Gasteiger partial charge in [-0.05, 0) is 25.1 Å². The third kappa shape index (κ3) is 2.74. The van der Waals surface area contributed by atoms with E-state index in [2.05, 4.69) is 10.3 Å². The van der Waals surface area contributed by atoms with Gasteiger partial charge in [0.05, 0.1) is 24.1 Å². The van der Waals surface area contributed by atoms with E-state index in [4.69, 9.17) is 4.74 Å². The van der Waals surface area contributed by atoms with E-state index in [1.807, 2.05) is 0 Å². The van der Waals surface area contributed by atoms with Crippen molar-refractivity contribution < 1.29 is 19.1 Å². The van der Waals surface area contributed by atoms with Crippen LogP contribution < -0.4 is 10.1 Å². The molecule has 0 spiro atoms. The standard InChI is InChI=1S/C24H17N3O4/c1-13-20(27-12-6-11-18(31-2)23(27)25-13)24(30)26-17-10-5-9-16-19(17)22(29)15-8-4-3-7-14(15)21(16)28/h3-12H,1-2H3,(H,26,30). The number of rotatable bonds is 3. The molecule has 0 unspecified atom stereocenters. The number of hydrogen-bond donors (Lipinski definition) is 1. The Balaban J connectivity index is 1.60. The molecule has 0 fully saturated rings. The molecule has 0 saturated heterocycles. The highest BCUT2D eigenvalue weighted by atomic mass is 16.5. The van der Waals surface area contributed by atoms with Crippen LogP contribution in [0.15, 0.2) is 60.8 Å². The van der Waals surface area contributed by atoms with Gasteiger partial charge in [-0.3, -0.25) is 18.8 Å². The van der Waals surface area contributed by atoms with Gasteiger partial charge in [-0.2, -0.15) is 0 Å². The number of aromatic nitrogens is 2. The fourth-order valence-corrected chi connectivity index (χ4v) is 4.02. The first-order valence-corrected chi connectivity index (χ1v) is 9.65. The van der Waals surface area contributed by atoms with E-state index in [9.17, 15) is 14.4 Å². The van der Waals surface area contributed by atoms with E-state index in [-0.39, 0.29) is 28.4 Å². The SMILES string of the molecule is COc1cccn2c(C(=O)Nc3cccc4c3C(=O)c3ccccc3C4=O)c(C)nc12. The lowest BCUT2D eigenvalue weighted by Gasteiger charge is -2.20. The summed E-state index contributed by atoms with van der Waals surface area (Å²) >= 11 is 0. The maximum absolute atomic E-state index is 13.2. The monoisotopic (exact) mass is 411 g/mol. The van der Waals surface area contributed by atoms with Gasteiger partial charge in [-0.15, -0.1) is 0 Å². The van der Waals surface area contributed by atoms with Crippen molar-refractivity contribution >= 4 is 28.8 Å². The van der Waals surface area contributed by atoms with Crippen LogP contribution in [-0.4, -0.2) is 34.0 Å². The summed E-state index contributed by atoms with van der Waals surface area (Å²) in [4.78, 5) is 43.8. The van der Waals surface area contributed by atoms with Gasteiger partial charge in [-0.1, -0.05) is 36.4 Å². The number of carbonyl (C=O) groups is 3. The van der Waals surface area contributed by atoms with Gasteiger partial charge in [-0.25, -0.2) is 4.98 Å². The molecule has 2 aromatic heterocycles. The van der Waals surface area contributed by atoms with E-state index < -0.39 is 5.91 Å². The lowest BCUT2D eigenvalue weighted by atomic mass is 9.83. The van der Waals surface area contributed by atoms with Crippen molar-refractivity contribution in [2.45, 2.75) is 6.92 Å². The Labute approximate surface area is 177 Å². The molecule has 1 aliphatic rings. The Morgan fingerprint density at radius 2 is 1.65 bits per heavy atom. The Morgan fingerprint density at radius 3 is 2.39 bits per heavy atom. The van der Waals surface area contributed by atoms with Crippen molar-refractivity contribution in [3.8, 4) is 5.75 Å². The molecule has 0 radical (unpaired) electrons. The average molecular weight is 411 g/mol. The summed E-state index contributed by atoms with van der Waals surface area (Å²) in [6, 6.07) is 15.1. The Hall–Kier alpha value is -4.26. The summed E-state index contributed by atoms with van der Waals surface area (Å²) in [6.45, 7) is 1.73. The number of ketones is 2. The second kappa shape index (κ2) is 6.91. The molecular formula is C24H17N3O4. The van der Waals surface area contributed by atoms with Crippen molar-refractivity contribution in [1.29, 1.82) is 0 Å². The van der Waals surface area contributed by atoms with E-state index in [0.717, 1.165) is 0 Å². The van der Waals surface area contributed by atoms with Crippen LogP contribution in [0.1, 0.15) is 48.0 Å². The molecule has 31 heavy (non-hydrogen) atoms. The number of nitrogens with zero attached hydrogens (tertiary/aromatic N) is 2. The number of pyridine rings is 1. The van der Waals surface area contributed by atoms with Gasteiger partial charge in [0.25, 0.3) is 5.91 Å². The third-order valence-electron chi connectivity index (χ3n) is 5.42. The minimum Gasteiger partial charge on any atom is -0.493 e. The molecule has 4 aromatic rings.